The van der Waals surface area contributed by atoms with Gasteiger partial charge >= 0.3 is 0 Å². The van der Waals surface area contributed by atoms with Gasteiger partial charge in [0.15, 0.2) is 5.78 Å². The van der Waals surface area contributed by atoms with Crippen LogP contribution in [0.25, 0.3) is 0 Å². The van der Waals surface area contributed by atoms with Gasteiger partial charge in [-0.25, -0.2) is 0 Å². The second-order valence-corrected chi connectivity index (χ2v) is 5.81. The lowest BCUT2D eigenvalue weighted by atomic mass is 10.0. The number of benzene rings is 2. The van der Waals surface area contributed by atoms with Gasteiger partial charge in [-0.15, -0.1) is 0 Å². The monoisotopic (exact) mass is 388 g/mol. The summed E-state index contributed by atoms with van der Waals surface area (Å²) in [5.41, 5.74) is 0.808. The van der Waals surface area contributed by atoms with Crippen molar-refractivity contribution in [2.24, 2.45) is 0 Å². The Hall–Kier alpha value is -1.23. The number of carbonyl (C=O) groups is 1. The van der Waals surface area contributed by atoms with E-state index in [2.05, 4.69) is 15.9 Å². The summed E-state index contributed by atoms with van der Waals surface area (Å²) in [7, 11) is 3.03. The summed E-state index contributed by atoms with van der Waals surface area (Å²) < 4.78 is 11.2. The van der Waals surface area contributed by atoms with Gasteiger partial charge in [0, 0.05) is 5.56 Å². The number of hydrogen-bond donors (Lipinski definition) is 0. The molecule has 0 aliphatic carbocycles. The molecule has 0 unspecified atom stereocenters. The fraction of sp³-hybridized carbons (Fsp3) is 0.133. The van der Waals surface area contributed by atoms with E-state index in [0.717, 1.165) is 0 Å². The second-order valence-electron chi connectivity index (χ2n) is 4.15. The van der Waals surface area contributed by atoms with Crippen molar-refractivity contribution >= 4 is 44.9 Å². The number of rotatable bonds is 4. The van der Waals surface area contributed by atoms with Crippen LogP contribution in [-0.2, 0) is 0 Å². The molecular formula is C15H11BrCl2O3. The van der Waals surface area contributed by atoms with E-state index in [0.29, 0.717) is 37.1 Å². The molecule has 0 saturated heterocycles. The fourth-order valence-electron chi connectivity index (χ4n) is 1.83. The van der Waals surface area contributed by atoms with Crippen molar-refractivity contribution in [1.29, 1.82) is 0 Å². The van der Waals surface area contributed by atoms with Gasteiger partial charge in [-0.2, -0.15) is 0 Å². The van der Waals surface area contributed by atoms with Gasteiger partial charge in [0.05, 0.1) is 34.3 Å². The van der Waals surface area contributed by atoms with Crippen molar-refractivity contribution in [3.63, 3.8) is 0 Å². The highest BCUT2D eigenvalue weighted by molar-refractivity contribution is 9.10. The van der Waals surface area contributed by atoms with Crippen molar-refractivity contribution in [2.45, 2.75) is 0 Å². The summed E-state index contributed by atoms with van der Waals surface area (Å²) in [6.45, 7) is 0. The smallest absolute Gasteiger partial charge is 0.196 e. The van der Waals surface area contributed by atoms with Crippen LogP contribution in [0.2, 0.25) is 10.0 Å². The van der Waals surface area contributed by atoms with Crippen molar-refractivity contribution in [3.8, 4) is 11.5 Å². The average Bonchev–Trinajstić information content (AvgIpc) is 2.49. The van der Waals surface area contributed by atoms with E-state index >= 15 is 0 Å². The van der Waals surface area contributed by atoms with E-state index in [1.807, 2.05) is 0 Å². The molecule has 0 aliphatic rings. The minimum atomic E-state index is -0.226. The molecule has 0 fully saturated rings. The first-order valence-corrected chi connectivity index (χ1v) is 7.44. The Morgan fingerprint density at radius 2 is 1.67 bits per heavy atom. The summed E-state index contributed by atoms with van der Waals surface area (Å²) >= 11 is 15.2. The Bertz CT molecular complexity index is 702. The summed E-state index contributed by atoms with van der Waals surface area (Å²) in [6, 6.07) is 8.03. The van der Waals surface area contributed by atoms with Gasteiger partial charge in [-0.1, -0.05) is 23.2 Å². The van der Waals surface area contributed by atoms with E-state index in [1.165, 1.54) is 20.3 Å². The van der Waals surface area contributed by atoms with Gasteiger partial charge in [0.2, 0.25) is 0 Å². The van der Waals surface area contributed by atoms with Crippen LogP contribution in [0.4, 0.5) is 0 Å². The molecule has 3 nitrogen and oxygen atoms in total. The third-order valence-electron chi connectivity index (χ3n) is 2.90. The summed E-state index contributed by atoms with van der Waals surface area (Å²) in [6.07, 6.45) is 0. The normalized spacial score (nSPS) is 10.3. The molecule has 0 saturated carbocycles. The van der Waals surface area contributed by atoms with Gasteiger partial charge in [0.1, 0.15) is 11.5 Å². The molecule has 0 spiro atoms. The van der Waals surface area contributed by atoms with Gasteiger partial charge in [-0.05, 0) is 46.3 Å². The number of ketones is 1. The highest BCUT2D eigenvalue weighted by atomic mass is 79.9. The van der Waals surface area contributed by atoms with Crippen LogP contribution in [0.15, 0.2) is 34.8 Å². The molecule has 2 rings (SSSR count). The zero-order valence-corrected chi connectivity index (χ0v) is 14.3. The largest absolute Gasteiger partial charge is 0.496 e. The van der Waals surface area contributed by atoms with Gasteiger partial charge in [0.25, 0.3) is 0 Å². The first kappa shape index (κ1) is 16.1. The van der Waals surface area contributed by atoms with Gasteiger partial charge < -0.3 is 9.47 Å². The summed E-state index contributed by atoms with van der Waals surface area (Å²) in [5.74, 6) is 0.758. The van der Waals surface area contributed by atoms with E-state index in [-0.39, 0.29) is 5.78 Å². The first-order chi connectivity index (χ1) is 9.97. The highest BCUT2D eigenvalue weighted by Gasteiger charge is 2.18. The van der Waals surface area contributed by atoms with Crippen molar-refractivity contribution < 1.29 is 14.3 Å². The molecule has 110 valence electrons. The zero-order chi connectivity index (χ0) is 15.6. The van der Waals surface area contributed by atoms with Crippen molar-refractivity contribution in [1.82, 2.24) is 0 Å². The number of ether oxygens (including phenoxy) is 2. The predicted octanol–water partition coefficient (Wildman–Crippen LogP) is 5.00. The molecule has 21 heavy (non-hydrogen) atoms. The number of hydrogen-bond acceptors (Lipinski definition) is 3. The SMILES string of the molecule is COc1cc(C(=O)c2ccc(Cl)c(Cl)c2)c(OC)cc1Br. The Morgan fingerprint density at radius 1 is 1.00 bits per heavy atom. The van der Waals surface area contributed by atoms with Crippen LogP contribution >= 0.6 is 39.1 Å². The molecule has 6 heteroatoms. The van der Waals surface area contributed by atoms with Crippen molar-refractivity contribution in [3.05, 3.63) is 56.0 Å². The van der Waals surface area contributed by atoms with E-state index in [4.69, 9.17) is 32.7 Å². The Labute approximate surface area is 140 Å². The zero-order valence-electron chi connectivity index (χ0n) is 11.2. The number of methoxy groups -OCH3 is 2. The van der Waals surface area contributed by atoms with Gasteiger partial charge in [-0.3, -0.25) is 4.79 Å². The molecule has 0 aliphatic heterocycles. The lowest BCUT2D eigenvalue weighted by Crippen LogP contribution is -2.05. The lowest BCUT2D eigenvalue weighted by Gasteiger charge is -2.12. The standard InChI is InChI=1S/C15H11BrCl2O3/c1-20-13-7-10(16)14(21-2)6-9(13)15(19)8-3-4-11(17)12(18)5-8/h3-7H,1-2H3. The molecule has 0 atom stereocenters. The number of halogens is 3. The maximum Gasteiger partial charge on any atom is 0.196 e. The summed E-state index contributed by atoms with van der Waals surface area (Å²) in [5, 5.41) is 0.721. The van der Waals surface area contributed by atoms with Crippen LogP contribution in [-0.4, -0.2) is 20.0 Å². The molecule has 0 heterocycles. The average molecular weight is 390 g/mol. The van der Waals surface area contributed by atoms with E-state index < -0.39 is 0 Å². The Kier molecular flexibility index (Phi) is 5.14. The third-order valence-corrected chi connectivity index (χ3v) is 4.26. The molecule has 0 amide bonds. The lowest BCUT2D eigenvalue weighted by molar-refractivity contribution is 0.103. The predicted molar refractivity (Wildman–Crippen MR) is 87.1 cm³/mol. The van der Waals surface area contributed by atoms with Crippen LogP contribution in [0, 0.1) is 0 Å². The minimum absolute atomic E-state index is 0.226. The quantitative estimate of drug-likeness (QED) is 0.690. The van der Waals surface area contributed by atoms with Crippen molar-refractivity contribution in [2.75, 3.05) is 14.2 Å². The second kappa shape index (κ2) is 6.69. The minimum Gasteiger partial charge on any atom is -0.496 e. The molecule has 0 radical (unpaired) electrons. The molecule has 0 aromatic heterocycles. The van der Waals surface area contributed by atoms with Crippen LogP contribution < -0.4 is 9.47 Å². The summed E-state index contributed by atoms with van der Waals surface area (Å²) in [4.78, 5) is 12.6. The third kappa shape index (κ3) is 3.34. The molecular weight excluding hydrogens is 379 g/mol. The fourth-order valence-corrected chi connectivity index (χ4v) is 2.61. The molecule has 2 aromatic carbocycles. The van der Waals surface area contributed by atoms with E-state index in [1.54, 1.807) is 24.3 Å². The highest BCUT2D eigenvalue weighted by Crippen LogP contribution is 2.34. The maximum absolute atomic E-state index is 12.6. The Morgan fingerprint density at radius 3 is 2.24 bits per heavy atom. The van der Waals surface area contributed by atoms with Crippen LogP contribution in [0.5, 0.6) is 11.5 Å². The van der Waals surface area contributed by atoms with Crippen LogP contribution in [0.1, 0.15) is 15.9 Å². The molecule has 0 N–H and O–H groups in total. The van der Waals surface area contributed by atoms with Crippen LogP contribution in [0.3, 0.4) is 0 Å². The first-order valence-electron chi connectivity index (χ1n) is 5.89. The number of carbonyl (C=O) groups excluding carboxylic acids is 1. The molecule has 0 bridgehead atoms. The topological polar surface area (TPSA) is 35.5 Å². The Balaban J connectivity index is 2.53. The maximum atomic E-state index is 12.6. The molecule has 2 aromatic rings. The van der Waals surface area contributed by atoms with E-state index in [9.17, 15) is 4.79 Å².